The van der Waals surface area contributed by atoms with Crippen LogP contribution >= 0.6 is 0 Å². The van der Waals surface area contributed by atoms with Crippen molar-refractivity contribution in [3.8, 4) is 0 Å². The molecule has 16 heavy (non-hydrogen) atoms. The van der Waals surface area contributed by atoms with E-state index in [0.717, 1.165) is 18.3 Å². The van der Waals surface area contributed by atoms with Gasteiger partial charge in [0.15, 0.2) is 0 Å². The van der Waals surface area contributed by atoms with Crippen molar-refractivity contribution >= 4 is 6.29 Å². The van der Waals surface area contributed by atoms with E-state index in [0.29, 0.717) is 0 Å². The summed E-state index contributed by atoms with van der Waals surface area (Å²) < 4.78 is 0. The van der Waals surface area contributed by atoms with E-state index < -0.39 is 0 Å². The van der Waals surface area contributed by atoms with E-state index in [1.165, 1.54) is 30.4 Å². The molecule has 0 spiro atoms. The summed E-state index contributed by atoms with van der Waals surface area (Å²) in [4.78, 5) is 10.5. The van der Waals surface area contributed by atoms with Gasteiger partial charge in [-0.25, -0.2) is 0 Å². The van der Waals surface area contributed by atoms with Gasteiger partial charge in [0.05, 0.1) is 0 Å². The van der Waals surface area contributed by atoms with Crippen LogP contribution in [0.1, 0.15) is 62.0 Å². The number of fused-ring (bicyclic) bond motifs is 1. The minimum atomic E-state index is 0.815. The summed E-state index contributed by atoms with van der Waals surface area (Å²) in [5.74, 6) is 0. The molecule has 2 rings (SSSR count). The Morgan fingerprint density at radius 2 is 1.50 bits per heavy atom. The smallest absolute Gasteiger partial charge is 0.150 e. The van der Waals surface area contributed by atoms with E-state index in [1.54, 1.807) is 0 Å². The van der Waals surface area contributed by atoms with Crippen LogP contribution in [0.25, 0.3) is 0 Å². The zero-order valence-electron chi connectivity index (χ0n) is 11.0. The van der Waals surface area contributed by atoms with Crippen LogP contribution in [0.3, 0.4) is 0 Å². The summed E-state index contributed by atoms with van der Waals surface area (Å²) in [6.45, 7) is 8.00. The maximum atomic E-state index is 10.5. The van der Waals surface area contributed by atoms with Crippen molar-refractivity contribution in [2.24, 2.45) is 0 Å². The van der Waals surface area contributed by atoms with Gasteiger partial charge in [0.25, 0.3) is 0 Å². The second-order valence-electron chi connectivity index (χ2n) is 3.35. The first-order valence-electron chi connectivity index (χ1n) is 6.47. The van der Waals surface area contributed by atoms with Crippen LogP contribution in [0.15, 0.2) is 18.2 Å². The summed E-state index contributed by atoms with van der Waals surface area (Å²) in [7, 11) is 0. The molecule has 0 saturated carbocycles. The highest BCUT2D eigenvalue weighted by Gasteiger charge is 2.08. The van der Waals surface area contributed by atoms with Crippen LogP contribution in [0.5, 0.6) is 0 Å². The zero-order valence-corrected chi connectivity index (χ0v) is 11.0. The number of carbonyl (C=O) groups is 1. The summed E-state index contributed by atoms with van der Waals surface area (Å²) in [6, 6.07) is 6.04. The molecule has 0 aromatic heterocycles. The number of benzene rings is 1. The fourth-order valence-corrected chi connectivity index (χ4v) is 1.83. The van der Waals surface area contributed by atoms with Crippen molar-refractivity contribution in [3.63, 3.8) is 0 Å². The summed E-state index contributed by atoms with van der Waals surface area (Å²) in [5, 5.41) is 0. The van der Waals surface area contributed by atoms with Crippen molar-refractivity contribution in [1.82, 2.24) is 0 Å². The molecular formula is C15H24O. The molecule has 0 heterocycles. The van der Waals surface area contributed by atoms with E-state index in [9.17, 15) is 4.79 Å². The van der Waals surface area contributed by atoms with Gasteiger partial charge in [-0.3, -0.25) is 4.79 Å². The Kier molecular flexibility index (Phi) is 8.51. The molecular weight excluding hydrogens is 196 g/mol. The third-order valence-electron chi connectivity index (χ3n) is 2.51. The van der Waals surface area contributed by atoms with Gasteiger partial charge in [-0.15, -0.1) is 0 Å². The number of aldehydes is 1. The molecule has 0 atom stereocenters. The fraction of sp³-hybridized carbons (Fsp3) is 0.533. The molecule has 90 valence electrons. The lowest BCUT2D eigenvalue weighted by molar-refractivity contribution is 0.112. The van der Waals surface area contributed by atoms with Gasteiger partial charge in [0.2, 0.25) is 0 Å². The molecule has 1 aromatic rings. The molecule has 0 unspecified atom stereocenters. The van der Waals surface area contributed by atoms with Crippen molar-refractivity contribution in [1.29, 1.82) is 0 Å². The van der Waals surface area contributed by atoms with Gasteiger partial charge in [0, 0.05) is 5.56 Å². The first kappa shape index (κ1) is 14.9. The molecule has 1 aliphatic carbocycles. The van der Waals surface area contributed by atoms with Crippen LogP contribution in [0, 0.1) is 0 Å². The highest BCUT2D eigenvalue weighted by atomic mass is 16.1. The lowest BCUT2D eigenvalue weighted by Gasteiger charge is -2.15. The Labute approximate surface area is 99.9 Å². The largest absolute Gasteiger partial charge is 0.298 e. The third-order valence-corrected chi connectivity index (χ3v) is 2.51. The standard InChI is InChI=1S/C11H12O.2C2H6/c12-8-9-5-6-10-3-1-2-4-11(10)7-9;2*1-2/h5-8H,1-4H2;2*1-2H3. The van der Waals surface area contributed by atoms with Crippen LogP contribution in [-0.2, 0) is 12.8 Å². The molecule has 0 amide bonds. The summed E-state index contributed by atoms with van der Waals surface area (Å²) in [6.07, 6.45) is 5.84. The van der Waals surface area contributed by atoms with Gasteiger partial charge in [-0.1, -0.05) is 39.8 Å². The molecule has 0 radical (unpaired) electrons. The monoisotopic (exact) mass is 220 g/mol. The summed E-state index contributed by atoms with van der Waals surface area (Å²) in [5.41, 5.74) is 3.63. The highest BCUT2D eigenvalue weighted by molar-refractivity contribution is 5.75. The first-order valence-corrected chi connectivity index (χ1v) is 6.47. The van der Waals surface area contributed by atoms with E-state index in [-0.39, 0.29) is 0 Å². The van der Waals surface area contributed by atoms with Gasteiger partial charge in [-0.05, 0) is 42.9 Å². The maximum absolute atomic E-state index is 10.5. The van der Waals surface area contributed by atoms with Crippen LogP contribution < -0.4 is 0 Å². The number of aryl methyl sites for hydroxylation is 2. The van der Waals surface area contributed by atoms with Gasteiger partial charge >= 0.3 is 0 Å². The number of hydrogen-bond acceptors (Lipinski definition) is 1. The Bertz CT molecular complexity index is 302. The van der Waals surface area contributed by atoms with Crippen LogP contribution in [-0.4, -0.2) is 6.29 Å². The molecule has 1 aromatic carbocycles. The molecule has 0 N–H and O–H groups in total. The fourth-order valence-electron chi connectivity index (χ4n) is 1.83. The average molecular weight is 220 g/mol. The predicted molar refractivity (Wildman–Crippen MR) is 71.2 cm³/mol. The van der Waals surface area contributed by atoms with Crippen molar-refractivity contribution in [2.45, 2.75) is 53.4 Å². The number of rotatable bonds is 1. The minimum absolute atomic E-state index is 0.815. The van der Waals surface area contributed by atoms with Gasteiger partial charge in [0.1, 0.15) is 6.29 Å². The lowest BCUT2D eigenvalue weighted by Crippen LogP contribution is -2.02. The van der Waals surface area contributed by atoms with Crippen molar-refractivity contribution in [3.05, 3.63) is 34.9 Å². The minimum Gasteiger partial charge on any atom is -0.298 e. The van der Waals surface area contributed by atoms with Crippen molar-refractivity contribution < 1.29 is 4.79 Å². The highest BCUT2D eigenvalue weighted by Crippen LogP contribution is 2.21. The first-order chi connectivity index (χ1) is 7.90. The van der Waals surface area contributed by atoms with Crippen molar-refractivity contribution in [2.75, 3.05) is 0 Å². The molecule has 1 nitrogen and oxygen atoms in total. The normalized spacial score (nSPS) is 12.2. The Morgan fingerprint density at radius 1 is 0.938 bits per heavy atom. The number of carbonyl (C=O) groups excluding carboxylic acids is 1. The van der Waals surface area contributed by atoms with Crippen LogP contribution in [0.4, 0.5) is 0 Å². The van der Waals surface area contributed by atoms with E-state index in [4.69, 9.17) is 0 Å². The molecule has 0 aliphatic heterocycles. The number of hydrogen-bond donors (Lipinski definition) is 0. The maximum Gasteiger partial charge on any atom is 0.150 e. The topological polar surface area (TPSA) is 17.1 Å². The Morgan fingerprint density at radius 3 is 2.06 bits per heavy atom. The van der Waals surface area contributed by atoms with E-state index in [2.05, 4.69) is 6.07 Å². The SMILES string of the molecule is CC.CC.O=Cc1ccc2c(c1)CCCC2. The van der Waals surface area contributed by atoms with Gasteiger partial charge in [-0.2, -0.15) is 0 Å². The average Bonchev–Trinajstić information content (AvgIpc) is 2.42. The summed E-state index contributed by atoms with van der Waals surface area (Å²) >= 11 is 0. The molecule has 0 bridgehead atoms. The van der Waals surface area contributed by atoms with E-state index in [1.807, 2.05) is 39.8 Å². The zero-order chi connectivity index (χ0) is 12.4. The molecule has 0 fully saturated rings. The second kappa shape index (κ2) is 9.14. The second-order valence-corrected chi connectivity index (χ2v) is 3.35. The predicted octanol–water partition coefficient (Wildman–Crippen LogP) is 4.43. The quantitative estimate of drug-likeness (QED) is 0.640. The van der Waals surface area contributed by atoms with Gasteiger partial charge < -0.3 is 0 Å². The molecule has 0 saturated heterocycles. The lowest BCUT2D eigenvalue weighted by atomic mass is 9.91. The van der Waals surface area contributed by atoms with Crippen LogP contribution in [0.2, 0.25) is 0 Å². The third kappa shape index (κ3) is 4.18. The molecule has 1 aliphatic rings. The Hall–Kier alpha value is -1.11. The Balaban J connectivity index is 0.000000509. The van der Waals surface area contributed by atoms with E-state index >= 15 is 0 Å². The molecule has 1 heteroatoms.